The van der Waals surface area contributed by atoms with E-state index < -0.39 is 0 Å². The van der Waals surface area contributed by atoms with Gasteiger partial charge >= 0.3 is 0 Å². The molecule has 2 aromatic carbocycles. The maximum atomic E-state index is 12.7. The number of methoxy groups -OCH3 is 1. The number of nitrogens with zero attached hydrogens (tertiary/aromatic N) is 2. The van der Waals surface area contributed by atoms with Crippen molar-refractivity contribution in [2.75, 3.05) is 12.4 Å². The Labute approximate surface area is 162 Å². The highest BCUT2D eigenvalue weighted by molar-refractivity contribution is 6.05. The van der Waals surface area contributed by atoms with E-state index in [-0.39, 0.29) is 5.91 Å². The van der Waals surface area contributed by atoms with Crippen LogP contribution < -0.4 is 10.1 Å². The summed E-state index contributed by atoms with van der Waals surface area (Å²) in [6.07, 6.45) is 5.25. The minimum Gasteiger partial charge on any atom is -0.497 e. The monoisotopic (exact) mass is 370 g/mol. The Morgan fingerprint density at radius 3 is 2.64 bits per heavy atom. The first-order valence-electron chi connectivity index (χ1n) is 8.74. The van der Waals surface area contributed by atoms with Gasteiger partial charge in [0.2, 0.25) is 0 Å². The molecule has 6 nitrogen and oxygen atoms in total. The maximum Gasteiger partial charge on any atom is 0.255 e. The lowest BCUT2D eigenvalue weighted by Crippen LogP contribution is -2.11. The normalized spacial score (nSPS) is 10.5. The second-order valence-electron chi connectivity index (χ2n) is 6.16. The molecular weight excluding hydrogens is 352 g/mol. The number of pyridine rings is 1. The number of aromatic amines is 1. The van der Waals surface area contributed by atoms with Gasteiger partial charge in [0.05, 0.1) is 19.0 Å². The number of amides is 1. The molecule has 0 radical (unpaired) electrons. The third kappa shape index (κ3) is 3.61. The van der Waals surface area contributed by atoms with Crippen LogP contribution in [0.5, 0.6) is 5.75 Å². The lowest BCUT2D eigenvalue weighted by molar-refractivity contribution is 0.102. The SMILES string of the molecule is COc1cccc(NC(=O)c2cccc(-c3[nH]ncc3-c3ccncc3)c2)c1. The highest BCUT2D eigenvalue weighted by atomic mass is 16.5. The lowest BCUT2D eigenvalue weighted by Gasteiger charge is -2.09. The highest BCUT2D eigenvalue weighted by Crippen LogP contribution is 2.30. The van der Waals surface area contributed by atoms with Gasteiger partial charge in [-0.3, -0.25) is 14.9 Å². The summed E-state index contributed by atoms with van der Waals surface area (Å²) in [7, 11) is 1.59. The second-order valence-corrected chi connectivity index (χ2v) is 6.16. The summed E-state index contributed by atoms with van der Waals surface area (Å²) in [5, 5.41) is 10.1. The summed E-state index contributed by atoms with van der Waals surface area (Å²) < 4.78 is 5.20. The van der Waals surface area contributed by atoms with Crippen LogP contribution in [-0.4, -0.2) is 28.2 Å². The number of ether oxygens (including phenoxy) is 1. The first-order valence-corrected chi connectivity index (χ1v) is 8.74. The molecule has 1 amide bonds. The van der Waals surface area contributed by atoms with E-state index in [1.807, 2.05) is 48.5 Å². The molecule has 28 heavy (non-hydrogen) atoms. The quantitative estimate of drug-likeness (QED) is 0.546. The van der Waals surface area contributed by atoms with Gasteiger partial charge in [-0.05, 0) is 42.0 Å². The molecule has 4 aromatic rings. The van der Waals surface area contributed by atoms with Gasteiger partial charge in [0.1, 0.15) is 5.75 Å². The van der Waals surface area contributed by atoms with Crippen LogP contribution in [0.2, 0.25) is 0 Å². The van der Waals surface area contributed by atoms with Crippen molar-refractivity contribution in [3.05, 3.63) is 84.8 Å². The van der Waals surface area contributed by atoms with Crippen molar-refractivity contribution in [2.45, 2.75) is 0 Å². The van der Waals surface area contributed by atoms with E-state index >= 15 is 0 Å². The Bertz CT molecular complexity index is 1110. The number of H-pyrrole nitrogens is 1. The number of carbonyl (C=O) groups excluding carboxylic acids is 1. The third-order valence-corrected chi connectivity index (χ3v) is 4.37. The summed E-state index contributed by atoms with van der Waals surface area (Å²) in [5.41, 5.74) is 4.91. The topological polar surface area (TPSA) is 79.9 Å². The van der Waals surface area contributed by atoms with Crippen LogP contribution in [-0.2, 0) is 0 Å². The van der Waals surface area contributed by atoms with Crippen LogP contribution in [0.4, 0.5) is 5.69 Å². The Hall–Kier alpha value is -3.93. The van der Waals surface area contributed by atoms with Crippen LogP contribution in [0.1, 0.15) is 10.4 Å². The van der Waals surface area contributed by atoms with Crippen molar-refractivity contribution in [2.24, 2.45) is 0 Å². The number of rotatable bonds is 5. The summed E-state index contributed by atoms with van der Waals surface area (Å²) in [6, 6.07) is 18.5. The van der Waals surface area contributed by atoms with E-state index in [9.17, 15) is 4.79 Å². The van der Waals surface area contributed by atoms with Gasteiger partial charge < -0.3 is 10.1 Å². The molecule has 2 N–H and O–H groups in total. The number of hydrogen-bond donors (Lipinski definition) is 2. The first-order chi connectivity index (χ1) is 13.7. The predicted octanol–water partition coefficient (Wildman–Crippen LogP) is 4.40. The molecule has 0 aliphatic heterocycles. The van der Waals surface area contributed by atoms with Crippen LogP contribution in [0.25, 0.3) is 22.4 Å². The molecule has 0 aliphatic carbocycles. The Balaban J connectivity index is 1.62. The number of nitrogens with one attached hydrogen (secondary N) is 2. The molecule has 2 aromatic heterocycles. The molecular formula is C22H18N4O2. The van der Waals surface area contributed by atoms with E-state index in [0.29, 0.717) is 17.0 Å². The van der Waals surface area contributed by atoms with Crippen LogP contribution in [0.3, 0.4) is 0 Å². The fourth-order valence-corrected chi connectivity index (χ4v) is 2.98. The molecule has 4 rings (SSSR count). The van der Waals surface area contributed by atoms with Gasteiger partial charge in [-0.25, -0.2) is 0 Å². The van der Waals surface area contributed by atoms with Crippen LogP contribution >= 0.6 is 0 Å². The van der Waals surface area contributed by atoms with Gasteiger partial charge in [0.15, 0.2) is 0 Å². The molecule has 0 unspecified atom stereocenters. The minimum atomic E-state index is -0.194. The summed E-state index contributed by atoms with van der Waals surface area (Å²) in [5.74, 6) is 0.492. The average molecular weight is 370 g/mol. The number of hydrogen-bond acceptors (Lipinski definition) is 4. The lowest BCUT2D eigenvalue weighted by atomic mass is 10.0. The van der Waals surface area contributed by atoms with E-state index in [4.69, 9.17) is 4.74 Å². The number of anilines is 1. The molecule has 0 fully saturated rings. The fourth-order valence-electron chi connectivity index (χ4n) is 2.98. The second kappa shape index (κ2) is 7.75. The van der Waals surface area contributed by atoms with Gasteiger partial charge in [-0.1, -0.05) is 18.2 Å². The fraction of sp³-hybridized carbons (Fsp3) is 0.0455. The van der Waals surface area contributed by atoms with Crippen LogP contribution in [0.15, 0.2) is 79.3 Å². The Morgan fingerprint density at radius 1 is 1.00 bits per heavy atom. The number of benzene rings is 2. The van der Waals surface area contributed by atoms with Crippen molar-refractivity contribution < 1.29 is 9.53 Å². The minimum absolute atomic E-state index is 0.194. The molecule has 0 bridgehead atoms. The zero-order valence-corrected chi connectivity index (χ0v) is 15.2. The van der Waals surface area contributed by atoms with Crippen molar-refractivity contribution >= 4 is 11.6 Å². The molecule has 138 valence electrons. The van der Waals surface area contributed by atoms with Crippen LogP contribution in [0, 0.1) is 0 Å². The molecule has 0 saturated carbocycles. The summed E-state index contributed by atoms with van der Waals surface area (Å²) in [6.45, 7) is 0. The Kier molecular flexibility index (Phi) is 4.84. The number of aromatic nitrogens is 3. The maximum absolute atomic E-state index is 12.7. The molecule has 2 heterocycles. The molecule has 0 saturated heterocycles. The molecule has 0 spiro atoms. The summed E-state index contributed by atoms with van der Waals surface area (Å²) >= 11 is 0. The van der Waals surface area contributed by atoms with E-state index in [0.717, 1.165) is 22.4 Å². The zero-order valence-electron chi connectivity index (χ0n) is 15.2. The molecule has 6 heteroatoms. The zero-order chi connectivity index (χ0) is 19.3. The third-order valence-electron chi connectivity index (χ3n) is 4.37. The van der Waals surface area contributed by atoms with Gasteiger partial charge in [0.25, 0.3) is 5.91 Å². The standard InChI is InChI=1S/C22H18N4O2/c1-28-19-7-3-6-18(13-19)25-22(27)17-5-2-4-16(12-17)21-20(14-24-26-21)15-8-10-23-11-9-15/h2-14H,1H3,(H,24,26)(H,25,27). The van der Waals surface area contributed by atoms with E-state index in [2.05, 4.69) is 20.5 Å². The Morgan fingerprint density at radius 2 is 1.82 bits per heavy atom. The summed E-state index contributed by atoms with van der Waals surface area (Å²) in [4.78, 5) is 16.8. The van der Waals surface area contributed by atoms with Gasteiger partial charge in [-0.15, -0.1) is 0 Å². The first kappa shape index (κ1) is 17.5. The average Bonchev–Trinajstić information content (AvgIpc) is 3.24. The van der Waals surface area contributed by atoms with Crippen molar-refractivity contribution in [3.63, 3.8) is 0 Å². The smallest absolute Gasteiger partial charge is 0.255 e. The largest absolute Gasteiger partial charge is 0.497 e. The molecule has 0 aliphatic rings. The molecule has 0 atom stereocenters. The van der Waals surface area contributed by atoms with Gasteiger partial charge in [0, 0.05) is 40.8 Å². The number of carbonyl (C=O) groups is 1. The van der Waals surface area contributed by atoms with E-state index in [1.165, 1.54) is 0 Å². The van der Waals surface area contributed by atoms with Crippen molar-refractivity contribution in [1.29, 1.82) is 0 Å². The van der Waals surface area contributed by atoms with Crippen molar-refractivity contribution in [1.82, 2.24) is 15.2 Å². The predicted molar refractivity (Wildman–Crippen MR) is 108 cm³/mol. The van der Waals surface area contributed by atoms with E-state index in [1.54, 1.807) is 37.8 Å². The highest BCUT2D eigenvalue weighted by Gasteiger charge is 2.13. The van der Waals surface area contributed by atoms with Gasteiger partial charge in [-0.2, -0.15) is 5.10 Å². The van der Waals surface area contributed by atoms with Crippen molar-refractivity contribution in [3.8, 4) is 28.1 Å².